The second-order valence-electron chi connectivity index (χ2n) is 3.11. The smallest absolute Gasteiger partial charge is 0.146 e. The summed E-state index contributed by atoms with van der Waals surface area (Å²) in [5.74, 6) is -0.0442. The van der Waals surface area contributed by atoms with Crippen LogP contribution in [-0.4, -0.2) is 29.0 Å². The zero-order valence-electron chi connectivity index (χ0n) is 7.44. The summed E-state index contributed by atoms with van der Waals surface area (Å²) in [6, 6.07) is 0. The van der Waals surface area contributed by atoms with E-state index in [1.54, 1.807) is 12.4 Å². The van der Waals surface area contributed by atoms with E-state index in [-0.39, 0.29) is 11.7 Å². The van der Waals surface area contributed by atoms with Crippen LogP contribution in [0.2, 0.25) is 0 Å². The number of hydrogen-bond acceptors (Lipinski definition) is 4. The SMILES string of the molecule is O=C1CCOCC1c1cnc(Br)cn1. The molecular formula is C9H9BrN2O2. The number of carbonyl (C=O) groups is 1. The van der Waals surface area contributed by atoms with Crippen LogP contribution in [0.4, 0.5) is 0 Å². The van der Waals surface area contributed by atoms with Crippen molar-refractivity contribution in [1.29, 1.82) is 0 Å². The van der Waals surface area contributed by atoms with Gasteiger partial charge in [0.2, 0.25) is 0 Å². The van der Waals surface area contributed by atoms with Gasteiger partial charge in [-0.2, -0.15) is 0 Å². The highest BCUT2D eigenvalue weighted by Crippen LogP contribution is 2.20. The molecule has 4 nitrogen and oxygen atoms in total. The number of hydrogen-bond donors (Lipinski definition) is 0. The number of ether oxygens (including phenoxy) is 1. The average molecular weight is 257 g/mol. The number of halogens is 1. The van der Waals surface area contributed by atoms with Gasteiger partial charge in [-0.1, -0.05) is 0 Å². The van der Waals surface area contributed by atoms with Crippen molar-refractivity contribution in [3.05, 3.63) is 22.7 Å². The lowest BCUT2D eigenvalue weighted by Gasteiger charge is -2.19. The van der Waals surface area contributed by atoms with E-state index in [9.17, 15) is 4.79 Å². The molecule has 14 heavy (non-hydrogen) atoms. The van der Waals surface area contributed by atoms with E-state index in [1.165, 1.54) is 0 Å². The summed E-state index contributed by atoms with van der Waals surface area (Å²) in [7, 11) is 0. The van der Waals surface area contributed by atoms with Gasteiger partial charge in [0.25, 0.3) is 0 Å². The molecule has 74 valence electrons. The molecule has 1 atom stereocenters. The first-order valence-corrected chi connectivity index (χ1v) is 5.14. The van der Waals surface area contributed by atoms with E-state index in [0.717, 1.165) is 0 Å². The van der Waals surface area contributed by atoms with Gasteiger partial charge < -0.3 is 4.74 Å². The lowest BCUT2D eigenvalue weighted by atomic mass is 9.97. The molecule has 1 aromatic rings. The minimum atomic E-state index is -0.232. The maximum Gasteiger partial charge on any atom is 0.146 e. The van der Waals surface area contributed by atoms with E-state index < -0.39 is 0 Å². The first-order chi connectivity index (χ1) is 6.77. The van der Waals surface area contributed by atoms with E-state index in [4.69, 9.17) is 4.74 Å². The Balaban J connectivity index is 2.20. The highest BCUT2D eigenvalue weighted by Gasteiger charge is 2.25. The van der Waals surface area contributed by atoms with Crippen molar-refractivity contribution in [2.24, 2.45) is 0 Å². The number of rotatable bonds is 1. The van der Waals surface area contributed by atoms with E-state index in [2.05, 4.69) is 25.9 Å². The first-order valence-electron chi connectivity index (χ1n) is 4.35. The summed E-state index contributed by atoms with van der Waals surface area (Å²) in [5, 5.41) is 0. The Kier molecular flexibility index (Phi) is 2.88. The monoisotopic (exact) mass is 256 g/mol. The van der Waals surface area contributed by atoms with E-state index in [1.807, 2.05) is 0 Å². The summed E-state index contributed by atoms with van der Waals surface area (Å²) >= 11 is 3.19. The Morgan fingerprint density at radius 3 is 2.93 bits per heavy atom. The van der Waals surface area contributed by atoms with Crippen LogP contribution in [-0.2, 0) is 9.53 Å². The predicted octanol–water partition coefficient (Wildman–Crippen LogP) is 1.31. The van der Waals surface area contributed by atoms with Gasteiger partial charge in [-0.05, 0) is 15.9 Å². The molecule has 0 aromatic carbocycles. The zero-order chi connectivity index (χ0) is 9.97. The largest absolute Gasteiger partial charge is 0.380 e. The van der Waals surface area contributed by atoms with E-state index >= 15 is 0 Å². The first kappa shape index (κ1) is 9.73. The number of Topliss-reactive ketones (excluding diaryl/α,β-unsaturated/α-hetero) is 1. The molecule has 2 heterocycles. The third-order valence-electron chi connectivity index (χ3n) is 2.16. The Labute approximate surface area is 89.8 Å². The molecule has 1 saturated heterocycles. The van der Waals surface area contributed by atoms with Gasteiger partial charge in [0.1, 0.15) is 10.4 Å². The molecule has 1 aliphatic heterocycles. The highest BCUT2D eigenvalue weighted by atomic mass is 79.9. The standard InChI is InChI=1S/C9H9BrN2O2/c10-9-4-11-7(3-12-9)6-5-14-2-1-8(6)13/h3-4,6H,1-2,5H2. The van der Waals surface area contributed by atoms with Crippen LogP contribution in [0.3, 0.4) is 0 Å². The van der Waals surface area contributed by atoms with Gasteiger partial charge in [0.05, 0.1) is 37.2 Å². The molecule has 0 amide bonds. The number of aromatic nitrogens is 2. The molecule has 1 fully saturated rings. The molecule has 1 aliphatic rings. The maximum absolute atomic E-state index is 11.5. The average Bonchev–Trinajstić information content (AvgIpc) is 2.20. The minimum Gasteiger partial charge on any atom is -0.380 e. The fraction of sp³-hybridized carbons (Fsp3) is 0.444. The van der Waals surface area contributed by atoms with Crippen molar-refractivity contribution in [3.8, 4) is 0 Å². The molecule has 0 saturated carbocycles. The third-order valence-corrected chi connectivity index (χ3v) is 2.57. The molecule has 0 bridgehead atoms. The summed E-state index contributed by atoms with van der Waals surface area (Å²) in [6.45, 7) is 0.953. The minimum absolute atomic E-state index is 0.188. The Bertz CT molecular complexity index is 339. The van der Waals surface area contributed by atoms with Crippen LogP contribution >= 0.6 is 15.9 Å². The lowest BCUT2D eigenvalue weighted by molar-refractivity contribution is -0.126. The van der Waals surface area contributed by atoms with Crippen LogP contribution in [0.1, 0.15) is 18.0 Å². The summed E-state index contributed by atoms with van der Waals surface area (Å²) in [4.78, 5) is 19.7. The molecule has 0 aliphatic carbocycles. The molecule has 0 spiro atoms. The van der Waals surface area contributed by atoms with Crippen LogP contribution in [0.25, 0.3) is 0 Å². The van der Waals surface area contributed by atoms with Crippen LogP contribution in [0.15, 0.2) is 17.0 Å². The Morgan fingerprint density at radius 1 is 1.43 bits per heavy atom. The second-order valence-corrected chi connectivity index (χ2v) is 3.92. The molecule has 5 heteroatoms. The van der Waals surface area contributed by atoms with Gasteiger partial charge in [-0.25, -0.2) is 4.98 Å². The molecule has 0 N–H and O–H groups in total. The highest BCUT2D eigenvalue weighted by molar-refractivity contribution is 9.10. The fourth-order valence-electron chi connectivity index (χ4n) is 1.39. The topological polar surface area (TPSA) is 52.1 Å². The van der Waals surface area contributed by atoms with Crippen molar-refractivity contribution < 1.29 is 9.53 Å². The van der Waals surface area contributed by atoms with Crippen LogP contribution in [0, 0.1) is 0 Å². The lowest BCUT2D eigenvalue weighted by Crippen LogP contribution is -2.26. The molecular weight excluding hydrogens is 248 g/mol. The van der Waals surface area contributed by atoms with Gasteiger partial charge in [0.15, 0.2) is 0 Å². The van der Waals surface area contributed by atoms with Gasteiger partial charge in [-0.3, -0.25) is 9.78 Å². The summed E-state index contributed by atoms with van der Waals surface area (Å²) in [5.41, 5.74) is 0.693. The molecule has 2 rings (SSSR count). The maximum atomic E-state index is 11.5. The normalized spacial score (nSPS) is 22.4. The quantitative estimate of drug-likeness (QED) is 0.761. The third kappa shape index (κ3) is 1.99. The van der Waals surface area contributed by atoms with Gasteiger partial charge in [0, 0.05) is 6.42 Å². The van der Waals surface area contributed by atoms with Crippen molar-refractivity contribution in [2.45, 2.75) is 12.3 Å². The fourth-order valence-corrected chi connectivity index (χ4v) is 1.60. The van der Waals surface area contributed by atoms with Crippen LogP contribution in [0.5, 0.6) is 0 Å². The summed E-state index contributed by atoms with van der Waals surface area (Å²) in [6.07, 6.45) is 3.68. The van der Waals surface area contributed by atoms with Crippen molar-refractivity contribution in [1.82, 2.24) is 9.97 Å². The van der Waals surface area contributed by atoms with Crippen molar-refractivity contribution >= 4 is 21.7 Å². The second kappa shape index (κ2) is 4.14. The molecule has 1 unspecified atom stereocenters. The van der Waals surface area contributed by atoms with Gasteiger partial charge >= 0.3 is 0 Å². The summed E-state index contributed by atoms with van der Waals surface area (Å²) < 4.78 is 5.91. The molecule has 0 radical (unpaired) electrons. The Morgan fingerprint density at radius 2 is 2.29 bits per heavy atom. The molecule has 1 aromatic heterocycles. The number of ketones is 1. The van der Waals surface area contributed by atoms with Crippen LogP contribution < -0.4 is 0 Å². The zero-order valence-corrected chi connectivity index (χ0v) is 9.03. The van der Waals surface area contributed by atoms with Gasteiger partial charge in [-0.15, -0.1) is 0 Å². The van der Waals surface area contributed by atoms with Crippen molar-refractivity contribution in [3.63, 3.8) is 0 Å². The predicted molar refractivity (Wildman–Crippen MR) is 52.9 cm³/mol. The number of nitrogens with zero attached hydrogens (tertiary/aromatic N) is 2. The van der Waals surface area contributed by atoms with E-state index in [0.29, 0.717) is 29.9 Å². The number of carbonyl (C=O) groups excluding carboxylic acids is 1. The Hall–Kier alpha value is -0.810. The van der Waals surface area contributed by atoms with Crippen molar-refractivity contribution in [2.75, 3.05) is 13.2 Å².